The van der Waals surface area contributed by atoms with E-state index in [0.29, 0.717) is 47.2 Å². The highest BCUT2D eigenvalue weighted by Crippen LogP contribution is 2.28. The van der Waals surface area contributed by atoms with Crippen molar-refractivity contribution in [3.8, 4) is 5.75 Å². The van der Waals surface area contributed by atoms with Gasteiger partial charge in [0.1, 0.15) is 16.4 Å². The first-order valence-corrected chi connectivity index (χ1v) is 10.9. The molecule has 2 atom stereocenters. The predicted molar refractivity (Wildman–Crippen MR) is 121 cm³/mol. The third-order valence-corrected chi connectivity index (χ3v) is 6.58. The maximum absolute atomic E-state index is 13.3. The van der Waals surface area contributed by atoms with E-state index in [2.05, 4.69) is 15.4 Å². The Labute approximate surface area is 191 Å². The first-order valence-electron chi connectivity index (χ1n) is 10.5. The number of imidazole rings is 1. The maximum Gasteiger partial charge on any atom is 0.256 e. The SMILES string of the molecule is COc1cc(C(=O)N2CC[C@@H](NC(=O)c3c(C)nn(C)c3Cl)[C@@H](C)C2)cc2c1ncn2C. The van der Waals surface area contributed by atoms with E-state index in [9.17, 15) is 9.59 Å². The summed E-state index contributed by atoms with van der Waals surface area (Å²) in [5.74, 6) is 0.359. The molecule has 1 N–H and O–H groups in total. The van der Waals surface area contributed by atoms with Crippen molar-refractivity contribution in [3.05, 3.63) is 40.4 Å². The third kappa shape index (κ3) is 3.81. The Morgan fingerprint density at radius 3 is 2.66 bits per heavy atom. The average molecular weight is 459 g/mol. The Kier molecular flexibility index (Phi) is 5.85. The molecule has 1 fully saturated rings. The van der Waals surface area contributed by atoms with E-state index >= 15 is 0 Å². The zero-order chi connectivity index (χ0) is 23.2. The molecule has 2 aromatic heterocycles. The van der Waals surface area contributed by atoms with Gasteiger partial charge in [-0.15, -0.1) is 0 Å². The minimum absolute atomic E-state index is 0.0590. The van der Waals surface area contributed by atoms with Crippen LogP contribution in [-0.4, -0.2) is 62.3 Å². The number of aromatic nitrogens is 4. The van der Waals surface area contributed by atoms with Gasteiger partial charge in [-0.05, 0) is 31.4 Å². The lowest BCUT2D eigenvalue weighted by Gasteiger charge is -2.37. The summed E-state index contributed by atoms with van der Waals surface area (Å²) in [4.78, 5) is 32.2. The lowest BCUT2D eigenvalue weighted by Crippen LogP contribution is -2.51. The zero-order valence-electron chi connectivity index (χ0n) is 18.8. The van der Waals surface area contributed by atoms with Crippen molar-refractivity contribution < 1.29 is 14.3 Å². The zero-order valence-corrected chi connectivity index (χ0v) is 19.6. The van der Waals surface area contributed by atoms with Gasteiger partial charge in [-0.2, -0.15) is 5.10 Å². The number of halogens is 1. The van der Waals surface area contributed by atoms with Gasteiger partial charge in [-0.3, -0.25) is 14.3 Å². The molecule has 10 heteroatoms. The van der Waals surface area contributed by atoms with Gasteiger partial charge < -0.3 is 19.5 Å². The second-order valence-corrected chi connectivity index (χ2v) is 8.73. The highest BCUT2D eigenvalue weighted by molar-refractivity contribution is 6.33. The number of rotatable bonds is 4. The Bertz CT molecular complexity index is 1200. The molecule has 4 rings (SSSR count). The number of fused-ring (bicyclic) bond motifs is 1. The molecule has 1 aromatic carbocycles. The van der Waals surface area contributed by atoms with Crippen molar-refractivity contribution in [1.29, 1.82) is 0 Å². The van der Waals surface area contributed by atoms with Crippen molar-refractivity contribution in [1.82, 2.24) is 29.5 Å². The van der Waals surface area contributed by atoms with E-state index < -0.39 is 0 Å². The van der Waals surface area contributed by atoms with E-state index in [-0.39, 0.29) is 23.8 Å². The molecule has 0 radical (unpaired) electrons. The molecule has 170 valence electrons. The van der Waals surface area contributed by atoms with Crippen LogP contribution in [0, 0.1) is 12.8 Å². The molecule has 1 saturated heterocycles. The fourth-order valence-electron chi connectivity index (χ4n) is 4.33. The number of hydrogen-bond donors (Lipinski definition) is 1. The molecule has 3 heterocycles. The van der Waals surface area contributed by atoms with Crippen LogP contribution in [0.3, 0.4) is 0 Å². The standard InChI is InChI=1S/C22H27ClN6O3/c1-12-10-29(7-6-15(12)25-21(30)18-13(2)26-28(4)20(18)23)22(31)14-8-16-19(17(9-14)32-5)24-11-27(16)3/h8-9,11-12,15H,6-7,10H2,1-5H3,(H,25,30)/t12-,15+/m0/s1. The van der Waals surface area contributed by atoms with Gasteiger partial charge in [0.25, 0.3) is 11.8 Å². The number of benzene rings is 1. The molecule has 9 nitrogen and oxygen atoms in total. The van der Waals surface area contributed by atoms with Gasteiger partial charge in [-0.25, -0.2) is 4.98 Å². The summed E-state index contributed by atoms with van der Waals surface area (Å²) in [6, 6.07) is 3.53. The number of nitrogens with one attached hydrogen (secondary N) is 1. The van der Waals surface area contributed by atoms with Crippen molar-refractivity contribution in [2.75, 3.05) is 20.2 Å². The van der Waals surface area contributed by atoms with Gasteiger partial charge in [-0.1, -0.05) is 18.5 Å². The number of hydrogen-bond acceptors (Lipinski definition) is 5. The van der Waals surface area contributed by atoms with Crippen LogP contribution in [0.1, 0.15) is 39.8 Å². The molecule has 3 aromatic rings. The van der Waals surface area contributed by atoms with Gasteiger partial charge in [0.2, 0.25) is 0 Å². The van der Waals surface area contributed by atoms with Crippen molar-refractivity contribution in [2.45, 2.75) is 26.3 Å². The van der Waals surface area contributed by atoms with Gasteiger partial charge >= 0.3 is 0 Å². The van der Waals surface area contributed by atoms with E-state index in [1.807, 2.05) is 29.5 Å². The molecular formula is C22H27ClN6O3. The highest BCUT2D eigenvalue weighted by Gasteiger charge is 2.32. The summed E-state index contributed by atoms with van der Waals surface area (Å²) in [6.45, 7) is 4.88. The largest absolute Gasteiger partial charge is 0.494 e. The monoisotopic (exact) mass is 458 g/mol. The lowest BCUT2D eigenvalue weighted by molar-refractivity contribution is 0.0633. The normalized spacial score (nSPS) is 18.8. The smallest absolute Gasteiger partial charge is 0.256 e. The Hall–Kier alpha value is -3.07. The molecule has 0 bridgehead atoms. The number of carbonyl (C=O) groups is 2. The van der Waals surface area contributed by atoms with E-state index in [4.69, 9.17) is 16.3 Å². The molecular weight excluding hydrogens is 432 g/mol. The van der Waals surface area contributed by atoms with E-state index in [0.717, 1.165) is 11.0 Å². The quantitative estimate of drug-likeness (QED) is 0.648. The molecule has 2 amide bonds. The van der Waals surface area contributed by atoms with Crippen LogP contribution in [0.2, 0.25) is 5.15 Å². The minimum atomic E-state index is -0.233. The number of aryl methyl sites for hydroxylation is 3. The number of carbonyl (C=O) groups excluding carboxylic acids is 2. The molecule has 32 heavy (non-hydrogen) atoms. The van der Waals surface area contributed by atoms with E-state index in [1.54, 1.807) is 33.5 Å². The van der Waals surface area contributed by atoms with Crippen LogP contribution in [0.5, 0.6) is 5.75 Å². The third-order valence-electron chi connectivity index (χ3n) is 6.15. The Morgan fingerprint density at radius 2 is 2.03 bits per heavy atom. The van der Waals surface area contributed by atoms with Crippen LogP contribution in [0.15, 0.2) is 18.5 Å². The van der Waals surface area contributed by atoms with Crippen LogP contribution in [0.4, 0.5) is 0 Å². The van der Waals surface area contributed by atoms with Crippen LogP contribution >= 0.6 is 11.6 Å². The van der Waals surface area contributed by atoms with E-state index in [1.165, 1.54) is 4.68 Å². The van der Waals surface area contributed by atoms with Gasteiger partial charge in [0.05, 0.1) is 30.2 Å². The van der Waals surface area contributed by atoms with Crippen LogP contribution < -0.4 is 10.1 Å². The topological polar surface area (TPSA) is 94.3 Å². The van der Waals surface area contributed by atoms with Gasteiger partial charge in [0.15, 0.2) is 0 Å². The first kappa shape index (κ1) is 22.1. The number of amides is 2. The summed E-state index contributed by atoms with van der Waals surface area (Å²) >= 11 is 6.23. The summed E-state index contributed by atoms with van der Waals surface area (Å²) < 4.78 is 8.81. The molecule has 0 unspecified atom stereocenters. The summed E-state index contributed by atoms with van der Waals surface area (Å²) in [6.07, 6.45) is 2.36. The van der Waals surface area contributed by atoms with Crippen LogP contribution in [-0.2, 0) is 14.1 Å². The van der Waals surface area contributed by atoms with Crippen molar-refractivity contribution in [2.24, 2.45) is 20.0 Å². The summed E-state index contributed by atoms with van der Waals surface area (Å²) in [5.41, 5.74) is 3.12. The summed E-state index contributed by atoms with van der Waals surface area (Å²) in [5, 5.41) is 7.60. The minimum Gasteiger partial charge on any atom is -0.494 e. The maximum atomic E-state index is 13.3. The number of nitrogens with zero attached hydrogens (tertiary/aromatic N) is 5. The Morgan fingerprint density at radius 1 is 1.28 bits per heavy atom. The van der Waals surface area contributed by atoms with Crippen molar-refractivity contribution >= 4 is 34.4 Å². The molecule has 1 aliphatic rings. The molecule has 0 spiro atoms. The second-order valence-electron chi connectivity index (χ2n) is 8.37. The average Bonchev–Trinajstić information content (AvgIpc) is 3.26. The van der Waals surface area contributed by atoms with Crippen LogP contribution in [0.25, 0.3) is 11.0 Å². The predicted octanol–water partition coefficient (Wildman–Crippen LogP) is 2.56. The molecule has 0 saturated carbocycles. The number of methoxy groups -OCH3 is 1. The number of piperidine rings is 1. The second kappa shape index (κ2) is 8.46. The van der Waals surface area contributed by atoms with Gasteiger partial charge in [0, 0.05) is 38.8 Å². The number of ether oxygens (including phenoxy) is 1. The summed E-state index contributed by atoms with van der Waals surface area (Å²) in [7, 11) is 5.16. The van der Waals surface area contributed by atoms with Crippen molar-refractivity contribution in [3.63, 3.8) is 0 Å². The Balaban J connectivity index is 1.47. The molecule has 1 aliphatic heterocycles. The number of likely N-dealkylation sites (tertiary alicyclic amines) is 1. The fraction of sp³-hybridized carbons (Fsp3) is 0.455. The molecule has 0 aliphatic carbocycles. The fourth-order valence-corrected chi connectivity index (χ4v) is 4.59. The lowest BCUT2D eigenvalue weighted by atomic mass is 9.93. The highest BCUT2D eigenvalue weighted by atomic mass is 35.5. The first-order chi connectivity index (χ1) is 15.2.